The van der Waals surface area contributed by atoms with Gasteiger partial charge in [0.15, 0.2) is 11.5 Å². The molecule has 0 fully saturated rings. The molecule has 1 atom stereocenters. The second-order valence-electron chi connectivity index (χ2n) is 9.33. The predicted molar refractivity (Wildman–Crippen MR) is 129 cm³/mol. The van der Waals surface area contributed by atoms with E-state index in [0.717, 1.165) is 36.1 Å². The predicted octanol–water partition coefficient (Wildman–Crippen LogP) is 6.20. The number of nitrogens with zero attached hydrogens (tertiary/aromatic N) is 1. The molecule has 9 heteroatoms. The van der Waals surface area contributed by atoms with Crippen LogP contribution in [0.5, 0.6) is 23.0 Å². The van der Waals surface area contributed by atoms with Crippen molar-refractivity contribution in [2.45, 2.75) is 38.0 Å². The summed E-state index contributed by atoms with van der Waals surface area (Å²) in [6, 6.07) is 14.9. The van der Waals surface area contributed by atoms with Gasteiger partial charge >= 0.3 is 6.36 Å². The van der Waals surface area contributed by atoms with E-state index in [1.165, 1.54) is 12.1 Å². The number of anilines is 1. The van der Waals surface area contributed by atoms with Crippen molar-refractivity contribution < 1.29 is 36.9 Å². The number of carbonyl (C=O) groups is 1. The smallest absolute Gasteiger partial charge is 0.491 e. The molecule has 0 bridgehead atoms. The second-order valence-corrected chi connectivity index (χ2v) is 9.33. The summed E-state index contributed by atoms with van der Waals surface area (Å²) in [4.78, 5) is 16.1. The number of fused-ring (bicyclic) bond motifs is 5. The van der Waals surface area contributed by atoms with E-state index >= 15 is 0 Å². The van der Waals surface area contributed by atoms with Crippen LogP contribution in [-0.4, -0.2) is 32.2 Å². The van der Waals surface area contributed by atoms with E-state index in [9.17, 15) is 18.0 Å². The van der Waals surface area contributed by atoms with Crippen LogP contribution in [0.15, 0.2) is 54.6 Å². The van der Waals surface area contributed by atoms with Crippen LogP contribution in [-0.2, 0) is 10.2 Å². The van der Waals surface area contributed by atoms with Crippen LogP contribution in [0.4, 0.5) is 18.9 Å². The zero-order valence-corrected chi connectivity index (χ0v) is 20.1. The number of ether oxygens (including phenoxy) is 4. The third-order valence-electron chi connectivity index (χ3n) is 7.13. The molecule has 3 aromatic rings. The van der Waals surface area contributed by atoms with E-state index in [2.05, 4.69) is 11.7 Å². The Morgan fingerprint density at radius 3 is 2.46 bits per heavy atom. The van der Waals surface area contributed by atoms with Crippen molar-refractivity contribution in [3.05, 3.63) is 65.7 Å². The van der Waals surface area contributed by atoms with Crippen molar-refractivity contribution in [3.63, 3.8) is 0 Å². The van der Waals surface area contributed by atoms with Gasteiger partial charge in [-0.25, -0.2) is 0 Å². The molecule has 6 rings (SSSR count). The largest absolute Gasteiger partial charge is 0.573 e. The third kappa shape index (κ3) is 3.75. The number of amides is 1. The summed E-state index contributed by atoms with van der Waals surface area (Å²) in [5.41, 5.74) is 2.56. The summed E-state index contributed by atoms with van der Waals surface area (Å²) in [6.07, 6.45) is -1.93. The van der Waals surface area contributed by atoms with Gasteiger partial charge in [0.05, 0.1) is 0 Å². The number of rotatable bonds is 6. The number of alkyl halides is 3. The Hall–Kier alpha value is -3.88. The molecule has 3 aromatic carbocycles. The lowest BCUT2D eigenvalue weighted by atomic mass is 9.74. The summed E-state index contributed by atoms with van der Waals surface area (Å²) < 4.78 is 59.4. The molecule has 0 saturated heterocycles. The van der Waals surface area contributed by atoms with Gasteiger partial charge < -0.3 is 23.8 Å². The van der Waals surface area contributed by atoms with Crippen LogP contribution in [0.1, 0.15) is 37.3 Å². The van der Waals surface area contributed by atoms with Crippen molar-refractivity contribution in [2.24, 2.45) is 0 Å². The van der Waals surface area contributed by atoms with Crippen molar-refractivity contribution in [2.75, 3.05) is 24.8 Å². The SMILES string of the molecule is CCCCCN1C(=O)C2(COc3cc4c(cc32)OCO4)c2c(-c3ccc(OC(F)(F)F)cc3)cccc21. The van der Waals surface area contributed by atoms with E-state index < -0.39 is 11.8 Å². The van der Waals surface area contributed by atoms with Gasteiger partial charge in [-0.3, -0.25) is 4.79 Å². The van der Waals surface area contributed by atoms with Crippen LogP contribution < -0.4 is 23.8 Å². The minimum absolute atomic E-state index is 0.0827. The van der Waals surface area contributed by atoms with E-state index in [1.807, 2.05) is 29.2 Å². The number of hydrogen-bond acceptors (Lipinski definition) is 5. The summed E-state index contributed by atoms with van der Waals surface area (Å²) in [5.74, 6) is 1.28. The lowest BCUT2D eigenvalue weighted by Gasteiger charge is -2.24. The normalized spacial score (nSPS) is 19.2. The van der Waals surface area contributed by atoms with Gasteiger partial charge in [-0.2, -0.15) is 0 Å². The highest BCUT2D eigenvalue weighted by Crippen LogP contribution is 2.57. The van der Waals surface area contributed by atoms with Crippen LogP contribution in [0.25, 0.3) is 11.1 Å². The Balaban J connectivity index is 1.50. The van der Waals surface area contributed by atoms with Crippen LogP contribution in [0.2, 0.25) is 0 Å². The first-order valence-electron chi connectivity index (χ1n) is 12.2. The Morgan fingerprint density at radius 2 is 1.73 bits per heavy atom. The minimum Gasteiger partial charge on any atom is -0.491 e. The molecule has 0 aromatic heterocycles. The highest BCUT2D eigenvalue weighted by atomic mass is 19.4. The van der Waals surface area contributed by atoms with E-state index in [4.69, 9.17) is 14.2 Å². The molecule has 1 amide bonds. The molecule has 0 N–H and O–H groups in total. The van der Waals surface area contributed by atoms with Gasteiger partial charge in [0.25, 0.3) is 0 Å². The first-order valence-corrected chi connectivity index (χ1v) is 12.2. The maximum Gasteiger partial charge on any atom is 0.573 e. The molecule has 6 nitrogen and oxygen atoms in total. The number of hydrogen-bond donors (Lipinski definition) is 0. The maximum atomic E-state index is 14.3. The molecule has 1 spiro atoms. The Labute approximate surface area is 211 Å². The van der Waals surface area contributed by atoms with Crippen molar-refractivity contribution >= 4 is 11.6 Å². The lowest BCUT2D eigenvalue weighted by Crippen LogP contribution is -2.43. The van der Waals surface area contributed by atoms with Crippen LogP contribution in [0.3, 0.4) is 0 Å². The average Bonchev–Trinajstić information content (AvgIpc) is 3.54. The highest BCUT2D eigenvalue weighted by Gasteiger charge is 2.58. The summed E-state index contributed by atoms with van der Waals surface area (Å²) in [5, 5.41) is 0. The van der Waals surface area contributed by atoms with Gasteiger partial charge in [0.1, 0.15) is 23.5 Å². The quantitative estimate of drug-likeness (QED) is 0.369. The molecular weight excluding hydrogens is 487 g/mol. The molecule has 192 valence electrons. The fourth-order valence-corrected chi connectivity index (χ4v) is 5.50. The fraction of sp³-hybridized carbons (Fsp3) is 0.321. The molecule has 1 unspecified atom stereocenters. The number of unbranched alkanes of at least 4 members (excludes halogenated alkanes) is 2. The first kappa shape index (κ1) is 23.5. The Kier molecular flexibility index (Phi) is 5.47. The number of halogens is 3. The molecule has 3 aliphatic rings. The second kappa shape index (κ2) is 8.61. The van der Waals surface area contributed by atoms with Gasteiger partial charge in [0, 0.05) is 29.4 Å². The van der Waals surface area contributed by atoms with E-state index in [0.29, 0.717) is 34.9 Å². The molecule has 0 aliphatic carbocycles. The van der Waals surface area contributed by atoms with Gasteiger partial charge in [-0.15, -0.1) is 13.2 Å². The van der Waals surface area contributed by atoms with Gasteiger partial charge in [0.2, 0.25) is 12.7 Å². The fourth-order valence-electron chi connectivity index (χ4n) is 5.50. The van der Waals surface area contributed by atoms with E-state index in [-0.39, 0.29) is 25.1 Å². The van der Waals surface area contributed by atoms with Crippen molar-refractivity contribution in [1.82, 2.24) is 0 Å². The van der Waals surface area contributed by atoms with Crippen LogP contribution in [0, 0.1) is 0 Å². The zero-order valence-electron chi connectivity index (χ0n) is 20.1. The summed E-state index contributed by atoms with van der Waals surface area (Å²) in [6.45, 7) is 2.86. The lowest BCUT2D eigenvalue weighted by molar-refractivity contribution is -0.274. The van der Waals surface area contributed by atoms with Gasteiger partial charge in [-0.1, -0.05) is 44.0 Å². The summed E-state index contributed by atoms with van der Waals surface area (Å²) >= 11 is 0. The van der Waals surface area contributed by atoms with Gasteiger partial charge in [-0.05, 0) is 41.8 Å². The topological polar surface area (TPSA) is 57.2 Å². The summed E-state index contributed by atoms with van der Waals surface area (Å²) in [7, 11) is 0. The molecule has 3 heterocycles. The highest BCUT2D eigenvalue weighted by molar-refractivity contribution is 6.13. The molecule has 0 saturated carbocycles. The van der Waals surface area contributed by atoms with Crippen LogP contribution >= 0.6 is 0 Å². The standard InChI is InChI=1S/C28H24F3NO5/c1-2-3-4-12-32-21-7-5-6-19(17-8-10-18(11-9-17)37-28(29,30)31)25(21)27(26(32)33)15-34-22-14-24-23(13-20(22)27)35-16-36-24/h5-11,13-14H,2-4,12,15-16H2,1H3. The van der Waals surface area contributed by atoms with Crippen molar-refractivity contribution in [3.8, 4) is 34.1 Å². The molecule has 37 heavy (non-hydrogen) atoms. The average molecular weight is 511 g/mol. The monoisotopic (exact) mass is 511 g/mol. The molecular formula is C28H24F3NO5. The Morgan fingerprint density at radius 1 is 0.973 bits per heavy atom. The van der Waals surface area contributed by atoms with Crippen molar-refractivity contribution in [1.29, 1.82) is 0 Å². The number of carbonyl (C=O) groups excluding carboxylic acids is 1. The zero-order chi connectivity index (χ0) is 25.8. The minimum atomic E-state index is -4.78. The number of benzene rings is 3. The van der Waals surface area contributed by atoms with E-state index in [1.54, 1.807) is 18.2 Å². The first-order chi connectivity index (χ1) is 17.8. The molecule has 0 radical (unpaired) electrons. The maximum absolute atomic E-state index is 14.3. The Bertz CT molecular complexity index is 1370. The molecule has 3 aliphatic heterocycles. The third-order valence-corrected chi connectivity index (χ3v) is 7.13.